The van der Waals surface area contributed by atoms with Gasteiger partial charge in [-0.3, -0.25) is 9.59 Å². The Morgan fingerprint density at radius 1 is 1.18 bits per heavy atom. The van der Waals surface area contributed by atoms with Gasteiger partial charge in [-0.15, -0.1) is 0 Å². The van der Waals surface area contributed by atoms with Crippen LogP contribution in [-0.2, 0) is 16.0 Å². The molecule has 3 aromatic carbocycles. The van der Waals surface area contributed by atoms with Crippen molar-refractivity contribution in [3.8, 4) is 17.2 Å². The first-order valence-electron chi connectivity index (χ1n) is 19.2. The van der Waals surface area contributed by atoms with Gasteiger partial charge in [-0.1, -0.05) is 36.8 Å². The second-order valence-corrected chi connectivity index (χ2v) is 15.4. The van der Waals surface area contributed by atoms with Crippen molar-refractivity contribution in [1.29, 1.82) is 0 Å². The van der Waals surface area contributed by atoms with E-state index in [1.807, 2.05) is 42.9 Å². The lowest BCUT2D eigenvalue weighted by Crippen LogP contribution is -2.69. The summed E-state index contributed by atoms with van der Waals surface area (Å²) in [5, 5.41) is 57.4. The third-order valence-corrected chi connectivity index (χ3v) is 12.2. The molecule has 13 nitrogen and oxygen atoms in total. The number of aromatic hydroxyl groups is 1. The molecule has 1 saturated heterocycles. The third-order valence-electron chi connectivity index (χ3n) is 12.2. The highest BCUT2D eigenvalue weighted by Crippen LogP contribution is 2.53. The summed E-state index contributed by atoms with van der Waals surface area (Å²) < 4.78 is 24.0. The van der Waals surface area contributed by atoms with Crippen molar-refractivity contribution < 1.29 is 54.1 Å². The molecule has 9 rings (SSSR count). The Hall–Kier alpha value is -5.28. The van der Waals surface area contributed by atoms with Crippen LogP contribution in [0.15, 0.2) is 82.5 Å². The van der Waals surface area contributed by atoms with Gasteiger partial charge in [0.2, 0.25) is 6.29 Å². The van der Waals surface area contributed by atoms with Crippen molar-refractivity contribution in [3.05, 3.63) is 112 Å². The number of nitrogens with zero attached hydrogens (tertiary/aromatic N) is 2. The van der Waals surface area contributed by atoms with Crippen molar-refractivity contribution in [2.45, 2.75) is 61.9 Å². The van der Waals surface area contributed by atoms with Crippen LogP contribution in [0.5, 0.6) is 17.2 Å². The zero-order valence-electron chi connectivity index (χ0n) is 31.2. The lowest BCUT2D eigenvalue weighted by Gasteiger charge is -2.47. The summed E-state index contributed by atoms with van der Waals surface area (Å²) in [6.07, 6.45) is 9.32. The minimum atomic E-state index is -2.54. The van der Waals surface area contributed by atoms with Gasteiger partial charge < -0.3 is 49.4 Å². The van der Waals surface area contributed by atoms with Gasteiger partial charge in [-0.2, -0.15) is 4.99 Å². The average Bonchev–Trinajstić information content (AvgIpc) is 3.96. The fourth-order valence-electron chi connectivity index (χ4n) is 9.15. The van der Waals surface area contributed by atoms with Crippen LogP contribution in [0.4, 0.5) is 0 Å². The van der Waals surface area contributed by atoms with Crippen LogP contribution in [0.3, 0.4) is 0 Å². The number of amides is 1. The summed E-state index contributed by atoms with van der Waals surface area (Å²) in [7, 11) is 1.46. The van der Waals surface area contributed by atoms with E-state index in [0.29, 0.717) is 27.8 Å². The lowest BCUT2D eigenvalue weighted by atomic mass is 9.76. The molecule has 0 radical (unpaired) electrons. The maximum Gasteiger partial charge on any atom is 0.254 e. The maximum absolute atomic E-state index is 14.6. The highest BCUT2D eigenvalue weighted by Gasteiger charge is 2.56. The molecule has 0 bridgehead atoms. The molecule has 1 amide bonds. The number of ether oxygens (including phenoxy) is 4. The van der Waals surface area contributed by atoms with Crippen molar-refractivity contribution in [3.63, 3.8) is 0 Å². The zero-order chi connectivity index (χ0) is 39.6. The number of aliphatic imine (C=N–C) groups is 1. The minimum Gasteiger partial charge on any atom is -0.506 e. The average molecular weight is 776 g/mol. The smallest absolute Gasteiger partial charge is 0.254 e. The number of hydrogen-bond acceptors (Lipinski definition) is 12. The van der Waals surface area contributed by atoms with E-state index in [1.54, 1.807) is 24.4 Å². The number of methoxy groups -OCH3 is 1. The molecule has 1 saturated carbocycles. The Balaban J connectivity index is 1.08. The number of ketones is 1. The Labute approximate surface area is 328 Å². The van der Waals surface area contributed by atoms with Gasteiger partial charge in [0.15, 0.2) is 17.1 Å². The van der Waals surface area contributed by atoms with E-state index in [4.69, 9.17) is 18.9 Å². The van der Waals surface area contributed by atoms with Gasteiger partial charge in [-0.25, -0.2) is 0 Å². The molecule has 2 fully saturated rings. The number of aliphatic hydroxyl groups is 4. The summed E-state index contributed by atoms with van der Waals surface area (Å²) >= 11 is 0. The summed E-state index contributed by atoms with van der Waals surface area (Å²) in [6, 6.07) is 10.4. The van der Waals surface area contributed by atoms with Crippen molar-refractivity contribution in [1.82, 2.24) is 4.90 Å². The monoisotopic (exact) mass is 775 g/mol. The van der Waals surface area contributed by atoms with E-state index in [1.165, 1.54) is 18.1 Å². The van der Waals surface area contributed by atoms with Crippen LogP contribution in [0.25, 0.3) is 16.8 Å². The molecule has 0 aromatic heterocycles. The number of rotatable bonds is 11. The highest BCUT2D eigenvalue weighted by atomic mass is 16.7. The summed E-state index contributed by atoms with van der Waals surface area (Å²) in [6.45, 7) is -1.21. The molecule has 57 heavy (non-hydrogen) atoms. The number of hydrogen-bond donors (Lipinski definition) is 5. The molecule has 3 aromatic rings. The molecule has 294 valence electrons. The Morgan fingerprint density at radius 2 is 2.02 bits per heavy atom. The molecule has 5 N–H and O–H groups in total. The van der Waals surface area contributed by atoms with Crippen LogP contribution in [0, 0.1) is 12.3 Å². The SMILES string of the molecule is COc1cc(O[C@@H]2O[C@H](COCC3=C4[CH+]C=CC=C4N=C3)[C@@H](O)[C@H](O)[C@]2(O)CO)c2c(O)c(C(=O)CN3Cc4ccccc4C3=O)c3c(c2c1)C=C[C@H]1CCC[C@H]31. The number of fused-ring (bicyclic) bond motifs is 7. The summed E-state index contributed by atoms with van der Waals surface area (Å²) in [5.74, 6) is -0.745. The number of aliphatic hydroxyl groups excluding tert-OH is 3. The van der Waals surface area contributed by atoms with Crippen LogP contribution in [0.2, 0.25) is 0 Å². The van der Waals surface area contributed by atoms with Gasteiger partial charge in [0.1, 0.15) is 47.7 Å². The van der Waals surface area contributed by atoms with Crippen LogP contribution in [-0.4, -0.2) is 112 Å². The van der Waals surface area contributed by atoms with Gasteiger partial charge >= 0.3 is 0 Å². The highest BCUT2D eigenvalue weighted by molar-refractivity contribution is 6.13. The topological polar surface area (TPSA) is 188 Å². The number of benzene rings is 3. The van der Waals surface area contributed by atoms with E-state index < -0.39 is 42.6 Å². The number of carbonyl (C=O) groups excluding carboxylic acids is 2. The fourth-order valence-corrected chi connectivity index (χ4v) is 9.15. The molecular weight excluding hydrogens is 732 g/mol. The second-order valence-electron chi connectivity index (χ2n) is 15.4. The first-order chi connectivity index (χ1) is 27.6. The molecule has 13 heteroatoms. The normalized spacial score (nSPS) is 28.3. The molecular formula is C44H43N2O11+. The van der Waals surface area contributed by atoms with Crippen LogP contribution in [0.1, 0.15) is 62.6 Å². The lowest BCUT2D eigenvalue weighted by molar-refractivity contribution is -0.328. The molecule has 7 atom stereocenters. The summed E-state index contributed by atoms with van der Waals surface area (Å²) in [4.78, 5) is 33.8. The van der Waals surface area contributed by atoms with E-state index in [2.05, 4.69) is 11.1 Å². The van der Waals surface area contributed by atoms with E-state index in [-0.39, 0.29) is 66.5 Å². The second kappa shape index (κ2) is 14.6. The standard InChI is InChI=1S/C44H42N2O11/c1-54-26-15-31-30-14-13-23-8-6-11-28(23)36(30)38(33(48)19-46-18-24-7-2-3-10-29(24)42(46)52)40(50)37(31)34(16-26)56-43-44(53,22-47)41(51)39(49)35(57-43)21-55-20-25-17-45-32-12-5-4-9-27(25)32/h2-5,7,9-10,12-17,23,28,35,39,41,43,47,49,51,53H,6,8,11,18-22H2,1H3/p+1/t23-,28+,35-,39-,41+,43-,44-/m1/s1. The van der Waals surface area contributed by atoms with Crippen LogP contribution >= 0.6 is 0 Å². The summed E-state index contributed by atoms with van der Waals surface area (Å²) in [5.41, 5.74) is 2.78. The zero-order valence-corrected chi connectivity index (χ0v) is 31.2. The first kappa shape index (κ1) is 37.3. The Kier molecular flexibility index (Phi) is 9.55. The van der Waals surface area contributed by atoms with Crippen molar-refractivity contribution >= 4 is 34.8 Å². The van der Waals surface area contributed by atoms with Gasteiger partial charge in [-0.05, 0) is 53.5 Å². The Bertz CT molecular complexity index is 2330. The van der Waals surface area contributed by atoms with E-state index >= 15 is 0 Å². The molecule has 0 unspecified atom stereocenters. The molecule has 3 heterocycles. The van der Waals surface area contributed by atoms with E-state index in [0.717, 1.165) is 41.7 Å². The predicted octanol–water partition coefficient (Wildman–Crippen LogP) is 3.91. The quantitative estimate of drug-likeness (QED) is 0.140. The van der Waals surface area contributed by atoms with Gasteiger partial charge in [0, 0.05) is 48.2 Å². The van der Waals surface area contributed by atoms with Crippen molar-refractivity contribution in [2.24, 2.45) is 10.9 Å². The predicted molar refractivity (Wildman–Crippen MR) is 208 cm³/mol. The van der Waals surface area contributed by atoms with Gasteiger partial charge in [0.05, 0.1) is 49.6 Å². The third kappa shape index (κ3) is 6.17. The fraction of sp³-hybridized carbons (Fsp3) is 0.364. The van der Waals surface area contributed by atoms with Gasteiger partial charge in [0.25, 0.3) is 5.91 Å². The maximum atomic E-state index is 14.6. The minimum absolute atomic E-state index is 0.0537. The molecule has 6 aliphatic rings. The Morgan fingerprint density at radius 3 is 2.82 bits per heavy atom. The molecule has 3 aliphatic carbocycles. The largest absolute Gasteiger partial charge is 0.506 e. The number of allylic oxidation sites excluding steroid dienone is 5. The molecule has 0 spiro atoms. The number of Topliss-reactive ketones (excluding diaryl/α,β-unsaturated/α-hetero) is 1. The first-order valence-corrected chi connectivity index (χ1v) is 19.2. The van der Waals surface area contributed by atoms with E-state index in [9.17, 15) is 35.1 Å². The number of phenols is 1. The number of carbonyl (C=O) groups is 2. The van der Waals surface area contributed by atoms with Crippen LogP contribution < -0.4 is 9.47 Å². The van der Waals surface area contributed by atoms with Crippen molar-refractivity contribution in [2.75, 3.05) is 33.5 Å². The number of phenolic OH excluding ortho intramolecular Hbond substituents is 1. The molecule has 3 aliphatic heterocycles.